The van der Waals surface area contributed by atoms with E-state index in [2.05, 4.69) is 4.98 Å². The van der Waals surface area contributed by atoms with Gasteiger partial charge in [0.1, 0.15) is 0 Å². The maximum atomic E-state index is 14.1. The van der Waals surface area contributed by atoms with Gasteiger partial charge in [-0.2, -0.15) is 39.5 Å². The average molecular weight is 648 g/mol. The minimum atomic E-state index is -5.24. The Bertz CT molecular complexity index is 1540. The lowest BCUT2D eigenvalue weighted by atomic mass is 9.93. The Labute approximate surface area is 251 Å². The maximum Gasteiger partial charge on any atom is 0.416 e. The van der Waals surface area contributed by atoms with Crippen molar-refractivity contribution in [1.29, 1.82) is 0 Å². The fraction of sp³-hybridized carbons (Fsp3) is 0.367. The largest absolute Gasteiger partial charge is 0.446 e. The van der Waals surface area contributed by atoms with Crippen LogP contribution < -0.4 is 9.80 Å². The first-order valence-electron chi connectivity index (χ1n) is 13.5. The normalized spacial score (nSPS) is 15.8. The zero-order chi connectivity index (χ0) is 33.5. The summed E-state index contributed by atoms with van der Waals surface area (Å²) in [6.07, 6.45) is -14.5. The van der Waals surface area contributed by atoms with Gasteiger partial charge in [0.25, 0.3) is 5.91 Å². The van der Waals surface area contributed by atoms with Gasteiger partial charge in [0.05, 0.1) is 46.4 Å². The Hall–Kier alpha value is -4.30. The zero-order valence-electron chi connectivity index (χ0n) is 23.9. The number of hydrogen-bond acceptors (Lipinski definition) is 4. The van der Waals surface area contributed by atoms with E-state index >= 15 is 0 Å². The number of halogens is 9. The molecule has 0 bridgehead atoms. The van der Waals surface area contributed by atoms with E-state index in [-0.39, 0.29) is 60.1 Å². The third-order valence-electron chi connectivity index (χ3n) is 7.03. The number of rotatable bonds is 4. The van der Waals surface area contributed by atoms with E-state index in [9.17, 15) is 49.1 Å². The van der Waals surface area contributed by atoms with Crippen LogP contribution in [0.4, 0.5) is 55.7 Å². The Balaban J connectivity index is 1.98. The van der Waals surface area contributed by atoms with Crippen LogP contribution in [0.5, 0.6) is 0 Å². The number of carbonyl (C=O) groups excluding carboxylic acids is 2. The van der Waals surface area contributed by atoms with Crippen LogP contribution in [0.15, 0.2) is 54.9 Å². The van der Waals surface area contributed by atoms with Crippen molar-refractivity contribution in [1.82, 2.24) is 4.98 Å². The number of fused-ring (bicyclic) bond motifs is 1. The number of alkyl halides is 9. The molecule has 2 amide bonds. The van der Waals surface area contributed by atoms with Gasteiger partial charge in [-0.05, 0) is 81.1 Å². The highest BCUT2D eigenvalue weighted by atomic mass is 19.4. The van der Waals surface area contributed by atoms with Crippen LogP contribution in [0, 0.1) is 6.92 Å². The summed E-state index contributed by atoms with van der Waals surface area (Å²) in [5.41, 5.74) is -6.12. The molecule has 2 aromatic carbocycles. The van der Waals surface area contributed by atoms with Gasteiger partial charge in [-0.3, -0.25) is 19.6 Å². The minimum absolute atomic E-state index is 0.000991. The molecule has 1 aromatic heterocycles. The predicted octanol–water partition coefficient (Wildman–Crippen LogP) is 8.98. The molecule has 1 aliphatic rings. The Morgan fingerprint density at radius 1 is 0.933 bits per heavy atom. The van der Waals surface area contributed by atoms with E-state index in [1.165, 1.54) is 32.2 Å². The summed E-state index contributed by atoms with van der Waals surface area (Å²) in [4.78, 5) is 32.9. The third-order valence-corrected chi connectivity index (χ3v) is 7.03. The molecular weight excluding hydrogens is 621 g/mol. The molecule has 1 unspecified atom stereocenters. The van der Waals surface area contributed by atoms with E-state index in [1.54, 1.807) is 0 Å². The predicted molar refractivity (Wildman–Crippen MR) is 145 cm³/mol. The number of nitrogens with zero attached hydrogens (tertiary/aromatic N) is 3. The highest BCUT2D eigenvalue weighted by Crippen LogP contribution is 2.45. The van der Waals surface area contributed by atoms with Gasteiger partial charge in [-0.1, -0.05) is 6.07 Å². The molecule has 45 heavy (non-hydrogen) atoms. The number of hydrogen-bond donors (Lipinski definition) is 0. The molecule has 6 nitrogen and oxygen atoms in total. The van der Waals surface area contributed by atoms with Crippen LogP contribution in [0.3, 0.4) is 0 Å². The Morgan fingerprint density at radius 3 is 2.07 bits per heavy atom. The fourth-order valence-corrected chi connectivity index (χ4v) is 5.12. The van der Waals surface area contributed by atoms with Crippen molar-refractivity contribution in [3.8, 4) is 0 Å². The van der Waals surface area contributed by atoms with Crippen molar-refractivity contribution in [2.45, 2.75) is 64.3 Å². The number of anilines is 2. The third kappa shape index (κ3) is 7.34. The minimum Gasteiger partial charge on any atom is -0.446 e. The smallest absolute Gasteiger partial charge is 0.416 e. The molecule has 15 heteroatoms. The van der Waals surface area contributed by atoms with Gasteiger partial charge in [-0.15, -0.1) is 0 Å². The van der Waals surface area contributed by atoms with Crippen LogP contribution in [0.25, 0.3) is 0 Å². The van der Waals surface area contributed by atoms with E-state index in [4.69, 9.17) is 4.74 Å². The second kappa shape index (κ2) is 12.2. The first-order valence-corrected chi connectivity index (χ1v) is 13.5. The van der Waals surface area contributed by atoms with Gasteiger partial charge in [0, 0.05) is 18.3 Å². The molecule has 0 saturated heterocycles. The van der Waals surface area contributed by atoms with Crippen molar-refractivity contribution in [2.75, 3.05) is 16.3 Å². The quantitative estimate of drug-likeness (QED) is 0.265. The second-order valence-electron chi connectivity index (χ2n) is 10.6. The van der Waals surface area contributed by atoms with Gasteiger partial charge in [-0.25, -0.2) is 4.79 Å². The lowest BCUT2D eigenvalue weighted by molar-refractivity contribution is -0.143. The van der Waals surface area contributed by atoms with Crippen LogP contribution in [0.1, 0.15) is 70.9 Å². The number of aryl methyl sites for hydroxylation is 1. The molecule has 0 spiro atoms. The van der Waals surface area contributed by atoms with Gasteiger partial charge in [0.15, 0.2) is 0 Å². The topological polar surface area (TPSA) is 62.7 Å². The fourth-order valence-electron chi connectivity index (χ4n) is 5.12. The van der Waals surface area contributed by atoms with Crippen molar-refractivity contribution in [3.05, 3.63) is 88.2 Å². The standard InChI is InChI=1S/C30H26F9N3O3/c1-16(2)45-27(44)41-9-5-7-24(22-10-17(3)23(14-25(22)41)30(37,38)39)42(21-6-4-8-40-15-21)26(43)18-11-19(28(31,32)33)13-20(12-18)29(34,35)36/h4,6,8,10-16,24H,5,7,9H2,1-3H3. The lowest BCUT2D eigenvalue weighted by Crippen LogP contribution is -2.36. The highest BCUT2D eigenvalue weighted by molar-refractivity contribution is 6.07. The molecule has 1 atom stereocenters. The summed E-state index contributed by atoms with van der Waals surface area (Å²) in [5, 5.41) is 0. The maximum absolute atomic E-state index is 14.1. The first kappa shape index (κ1) is 33.6. The number of benzene rings is 2. The van der Waals surface area contributed by atoms with Gasteiger partial charge >= 0.3 is 24.6 Å². The number of pyridine rings is 1. The Kier molecular flexibility index (Phi) is 9.14. The van der Waals surface area contributed by atoms with Crippen molar-refractivity contribution < 1.29 is 53.8 Å². The summed E-state index contributed by atoms with van der Waals surface area (Å²) < 4.78 is 129. The van der Waals surface area contributed by atoms with Crippen molar-refractivity contribution in [2.24, 2.45) is 0 Å². The highest BCUT2D eigenvalue weighted by Gasteiger charge is 2.41. The average Bonchev–Trinajstić information content (AvgIpc) is 3.10. The number of ether oxygens (including phenoxy) is 1. The summed E-state index contributed by atoms with van der Waals surface area (Å²) in [6, 6.07) is 3.72. The Morgan fingerprint density at radius 2 is 1.56 bits per heavy atom. The molecule has 3 aromatic rings. The molecule has 2 heterocycles. The van der Waals surface area contributed by atoms with Crippen LogP contribution >= 0.6 is 0 Å². The van der Waals surface area contributed by atoms with Gasteiger partial charge < -0.3 is 4.74 Å². The number of carbonyl (C=O) groups is 2. The van der Waals surface area contributed by atoms with Gasteiger partial charge in [0.2, 0.25) is 0 Å². The van der Waals surface area contributed by atoms with E-state index < -0.39 is 64.9 Å². The molecule has 0 N–H and O–H groups in total. The second-order valence-corrected chi connectivity index (χ2v) is 10.6. The van der Waals surface area contributed by atoms with Crippen molar-refractivity contribution >= 4 is 23.4 Å². The molecular formula is C30H26F9N3O3. The SMILES string of the molecule is Cc1cc2c(cc1C(F)(F)F)N(C(=O)OC(C)C)CCCC2N(C(=O)c1cc(C(F)(F)F)cc(C(F)(F)F)c1)c1cccnc1. The molecule has 1 aliphatic heterocycles. The van der Waals surface area contributed by atoms with E-state index in [0.717, 1.165) is 35.1 Å². The summed E-state index contributed by atoms with van der Waals surface area (Å²) >= 11 is 0. The molecule has 0 saturated carbocycles. The molecule has 4 rings (SSSR count). The summed E-state index contributed by atoms with van der Waals surface area (Å²) in [7, 11) is 0. The van der Waals surface area contributed by atoms with E-state index in [1.807, 2.05) is 0 Å². The lowest BCUT2D eigenvalue weighted by Gasteiger charge is -2.33. The van der Waals surface area contributed by atoms with Crippen molar-refractivity contribution in [3.63, 3.8) is 0 Å². The van der Waals surface area contributed by atoms with Crippen LogP contribution in [0.2, 0.25) is 0 Å². The van der Waals surface area contributed by atoms with E-state index in [0.29, 0.717) is 0 Å². The molecule has 0 aliphatic carbocycles. The summed E-state index contributed by atoms with van der Waals surface area (Å²) in [5.74, 6) is -1.30. The number of aromatic nitrogens is 1. The monoisotopic (exact) mass is 647 g/mol. The number of amides is 2. The van der Waals surface area contributed by atoms with Crippen LogP contribution in [-0.4, -0.2) is 29.6 Å². The van der Waals surface area contributed by atoms with Crippen LogP contribution in [-0.2, 0) is 23.3 Å². The first-order chi connectivity index (χ1) is 20.8. The zero-order valence-corrected chi connectivity index (χ0v) is 23.9. The molecule has 242 valence electrons. The summed E-state index contributed by atoms with van der Waals surface area (Å²) in [6.45, 7) is 4.05. The molecule has 0 radical (unpaired) electrons. The molecule has 0 fully saturated rings.